The van der Waals surface area contributed by atoms with Gasteiger partial charge in [0.15, 0.2) is 11.3 Å². The minimum Gasteiger partial charge on any atom is -0.244 e. The third-order valence-electron chi connectivity index (χ3n) is 6.50. The van der Waals surface area contributed by atoms with E-state index in [1.807, 2.05) is 0 Å². The molecule has 0 radical (unpaired) electrons. The van der Waals surface area contributed by atoms with Gasteiger partial charge in [-0.25, -0.2) is 19.0 Å². The minimum absolute atomic E-state index is 0.133. The molecule has 8 nitrogen and oxygen atoms in total. The number of aromatic nitrogens is 6. The molecule has 13 heteroatoms. The van der Waals surface area contributed by atoms with Crippen molar-refractivity contribution in [3.05, 3.63) is 115 Å². The molecule has 0 bridgehead atoms. The second kappa shape index (κ2) is 9.39. The quantitative estimate of drug-likeness (QED) is 0.272. The SMILES string of the molecule is Cn1nc2c(-c3ccc(Cl)cc3)c(-c3ccc(Cl)cc3)c3nn(Cc4ccc(C(F)(F)F)cc4)c(=O)n3n2c1=O. The largest absolute Gasteiger partial charge is 0.416 e. The molecule has 0 aliphatic carbocycles. The zero-order valence-electron chi connectivity index (χ0n) is 20.5. The fourth-order valence-corrected chi connectivity index (χ4v) is 4.86. The van der Waals surface area contributed by atoms with Crippen LogP contribution in [-0.4, -0.2) is 28.6 Å². The standard InChI is InChI=1S/C27H17Cl2F3N6O2/c1-35-25(39)37-23(33-35)21(16-4-10-19(28)11-5-16)22(17-6-12-20(29)13-7-17)24-34-36(26(40)38(24)37)14-15-2-8-18(9-3-15)27(30,31)32/h2-13H,14H2,1H3. The Labute approximate surface area is 233 Å². The van der Waals surface area contributed by atoms with Gasteiger partial charge in [0.2, 0.25) is 0 Å². The monoisotopic (exact) mass is 584 g/mol. The first-order chi connectivity index (χ1) is 19.0. The third kappa shape index (κ3) is 4.27. The van der Waals surface area contributed by atoms with E-state index in [-0.39, 0.29) is 17.8 Å². The van der Waals surface area contributed by atoms with Crippen LogP contribution < -0.4 is 11.4 Å². The van der Waals surface area contributed by atoms with E-state index in [9.17, 15) is 22.8 Å². The topological polar surface area (TPSA) is 78.6 Å². The van der Waals surface area contributed by atoms with Crippen LogP contribution in [-0.2, 0) is 19.8 Å². The Balaban J connectivity index is 1.68. The summed E-state index contributed by atoms with van der Waals surface area (Å²) in [5.41, 5.74) is 1.02. The molecule has 202 valence electrons. The molecule has 0 spiro atoms. The number of hydrogen-bond acceptors (Lipinski definition) is 4. The van der Waals surface area contributed by atoms with Gasteiger partial charge in [0.25, 0.3) is 0 Å². The van der Waals surface area contributed by atoms with Gasteiger partial charge >= 0.3 is 17.6 Å². The molecule has 0 saturated carbocycles. The highest BCUT2D eigenvalue weighted by Crippen LogP contribution is 2.38. The normalized spacial score (nSPS) is 12.1. The molecule has 0 atom stereocenters. The summed E-state index contributed by atoms with van der Waals surface area (Å²) < 4.78 is 43.6. The van der Waals surface area contributed by atoms with Crippen LogP contribution >= 0.6 is 23.2 Å². The second-order valence-corrected chi connectivity index (χ2v) is 9.95. The number of benzene rings is 3. The molecule has 0 amide bonds. The number of rotatable bonds is 4. The van der Waals surface area contributed by atoms with Gasteiger partial charge in [-0.2, -0.15) is 22.2 Å². The zero-order chi connectivity index (χ0) is 28.3. The summed E-state index contributed by atoms with van der Waals surface area (Å²) in [5.74, 6) is 0. The summed E-state index contributed by atoms with van der Waals surface area (Å²) in [6, 6.07) is 18.3. The first kappa shape index (κ1) is 25.9. The van der Waals surface area contributed by atoms with E-state index in [0.717, 1.165) is 30.5 Å². The molecule has 0 fully saturated rings. The molecule has 3 aromatic carbocycles. The summed E-state index contributed by atoms with van der Waals surface area (Å²) in [6.07, 6.45) is -4.49. The van der Waals surface area contributed by atoms with Crippen LogP contribution in [0.2, 0.25) is 10.0 Å². The Morgan fingerprint density at radius 2 is 1.18 bits per heavy atom. The van der Waals surface area contributed by atoms with E-state index in [1.54, 1.807) is 48.5 Å². The van der Waals surface area contributed by atoms with Crippen LogP contribution in [0.15, 0.2) is 82.4 Å². The maximum absolute atomic E-state index is 13.7. The maximum atomic E-state index is 13.7. The van der Waals surface area contributed by atoms with Crippen molar-refractivity contribution in [1.29, 1.82) is 0 Å². The fourth-order valence-electron chi connectivity index (χ4n) is 4.61. The lowest BCUT2D eigenvalue weighted by atomic mass is 9.96. The molecular formula is C27H17Cl2F3N6O2. The Bertz CT molecular complexity index is 2020. The Morgan fingerprint density at radius 1 is 0.700 bits per heavy atom. The molecule has 40 heavy (non-hydrogen) atoms. The van der Waals surface area contributed by atoms with Gasteiger partial charge in [-0.1, -0.05) is 59.6 Å². The summed E-state index contributed by atoms with van der Waals surface area (Å²) in [5, 5.41) is 10.0. The molecule has 3 aromatic heterocycles. The van der Waals surface area contributed by atoms with Crippen LogP contribution in [0.4, 0.5) is 13.2 Å². The van der Waals surface area contributed by atoms with E-state index < -0.39 is 23.1 Å². The predicted molar refractivity (Wildman–Crippen MR) is 145 cm³/mol. The van der Waals surface area contributed by atoms with Crippen molar-refractivity contribution in [2.45, 2.75) is 12.7 Å². The average molecular weight is 585 g/mol. The van der Waals surface area contributed by atoms with Crippen molar-refractivity contribution in [1.82, 2.24) is 28.6 Å². The zero-order valence-corrected chi connectivity index (χ0v) is 22.0. The fraction of sp³-hybridized carbons (Fsp3) is 0.111. The van der Waals surface area contributed by atoms with Crippen molar-refractivity contribution >= 4 is 34.5 Å². The van der Waals surface area contributed by atoms with Gasteiger partial charge in [-0.15, -0.1) is 10.2 Å². The van der Waals surface area contributed by atoms with Crippen molar-refractivity contribution < 1.29 is 13.2 Å². The van der Waals surface area contributed by atoms with Crippen molar-refractivity contribution in [2.24, 2.45) is 7.05 Å². The lowest BCUT2D eigenvalue weighted by Gasteiger charge is -2.13. The maximum Gasteiger partial charge on any atom is 0.416 e. The highest BCUT2D eigenvalue weighted by molar-refractivity contribution is 6.31. The lowest BCUT2D eigenvalue weighted by Crippen LogP contribution is -2.30. The highest BCUT2D eigenvalue weighted by atomic mass is 35.5. The average Bonchev–Trinajstić information content (AvgIpc) is 3.39. The Hall–Kier alpha value is -4.35. The Morgan fingerprint density at radius 3 is 1.68 bits per heavy atom. The van der Waals surface area contributed by atoms with Gasteiger partial charge in [-0.3, -0.25) is 0 Å². The van der Waals surface area contributed by atoms with Gasteiger partial charge < -0.3 is 0 Å². The van der Waals surface area contributed by atoms with Crippen LogP contribution in [0.25, 0.3) is 33.5 Å². The Kier molecular flexibility index (Phi) is 6.08. The van der Waals surface area contributed by atoms with E-state index in [4.69, 9.17) is 23.2 Å². The number of halogens is 5. The minimum atomic E-state index is -4.49. The summed E-state index contributed by atoms with van der Waals surface area (Å²) in [7, 11) is 1.46. The molecule has 0 aliphatic heterocycles. The van der Waals surface area contributed by atoms with Gasteiger partial charge in [-0.05, 0) is 53.1 Å². The number of nitrogens with zero attached hydrogens (tertiary/aromatic N) is 6. The van der Waals surface area contributed by atoms with Crippen molar-refractivity contribution in [3.8, 4) is 22.3 Å². The molecule has 6 rings (SSSR count). The summed E-state index contributed by atoms with van der Waals surface area (Å²) in [4.78, 5) is 27.0. The molecule has 0 unspecified atom stereocenters. The summed E-state index contributed by atoms with van der Waals surface area (Å²) >= 11 is 12.3. The van der Waals surface area contributed by atoms with E-state index in [2.05, 4.69) is 10.2 Å². The lowest BCUT2D eigenvalue weighted by molar-refractivity contribution is -0.137. The first-order valence-electron chi connectivity index (χ1n) is 11.8. The van der Waals surface area contributed by atoms with Crippen LogP contribution in [0.3, 0.4) is 0 Å². The van der Waals surface area contributed by atoms with E-state index in [0.29, 0.717) is 37.9 Å². The first-order valence-corrected chi connectivity index (χ1v) is 12.6. The molecule has 3 heterocycles. The van der Waals surface area contributed by atoms with E-state index >= 15 is 0 Å². The number of alkyl halides is 3. The molecule has 0 saturated heterocycles. The number of aryl methyl sites for hydroxylation is 1. The van der Waals surface area contributed by atoms with Crippen molar-refractivity contribution in [2.75, 3.05) is 0 Å². The van der Waals surface area contributed by atoms with Gasteiger partial charge in [0.05, 0.1) is 12.1 Å². The molecule has 0 aliphatic rings. The smallest absolute Gasteiger partial charge is 0.244 e. The van der Waals surface area contributed by atoms with Crippen LogP contribution in [0.5, 0.6) is 0 Å². The second-order valence-electron chi connectivity index (χ2n) is 9.08. The van der Waals surface area contributed by atoms with E-state index in [1.165, 1.54) is 19.2 Å². The third-order valence-corrected chi connectivity index (χ3v) is 7.00. The van der Waals surface area contributed by atoms with Crippen molar-refractivity contribution in [3.63, 3.8) is 0 Å². The number of hydrogen-bond donors (Lipinski definition) is 0. The summed E-state index contributed by atoms with van der Waals surface area (Å²) in [6.45, 7) is -0.133. The van der Waals surface area contributed by atoms with Crippen LogP contribution in [0.1, 0.15) is 11.1 Å². The molecular weight excluding hydrogens is 568 g/mol. The predicted octanol–water partition coefficient (Wildman–Crippen LogP) is 5.55. The molecule has 0 N–H and O–H groups in total. The van der Waals surface area contributed by atoms with Crippen LogP contribution in [0, 0.1) is 0 Å². The number of fused-ring (bicyclic) bond motifs is 3. The molecule has 6 aromatic rings. The van der Waals surface area contributed by atoms with Gasteiger partial charge in [0.1, 0.15) is 0 Å². The van der Waals surface area contributed by atoms with Gasteiger partial charge in [0, 0.05) is 28.2 Å². The highest BCUT2D eigenvalue weighted by Gasteiger charge is 2.30.